The van der Waals surface area contributed by atoms with Crippen molar-refractivity contribution in [2.45, 2.75) is 30.2 Å². The van der Waals surface area contributed by atoms with Crippen molar-refractivity contribution in [2.75, 3.05) is 19.6 Å². The summed E-state index contributed by atoms with van der Waals surface area (Å²) in [6.07, 6.45) is 4.70. The lowest BCUT2D eigenvalue weighted by Crippen LogP contribution is -2.40. The number of furan rings is 1. The number of hydrogen-bond donors (Lipinski definition) is 1. The minimum atomic E-state index is -4.31. The van der Waals surface area contributed by atoms with Gasteiger partial charge in [-0.25, -0.2) is 21.9 Å². The van der Waals surface area contributed by atoms with Crippen molar-refractivity contribution in [3.05, 3.63) is 54.0 Å². The number of likely N-dealkylation sites (tertiary alicyclic amines) is 1. The highest BCUT2D eigenvalue weighted by Gasteiger charge is 2.29. The van der Waals surface area contributed by atoms with E-state index in [0.717, 1.165) is 50.6 Å². The molecule has 1 N–H and O–H groups in total. The fourth-order valence-electron chi connectivity index (χ4n) is 3.12. The molecule has 0 bridgehead atoms. The van der Waals surface area contributed by atoms with Gasteiger partial charge in [0.05, 0.1) is 12.3 Å². The molecule has 1 aliphatic heterocycles. The monoisotopic (exact) mass is 370 g/mol. The minimum absolute atomic E-state index is 0.0242. The van der Waals surface area contributed by atoms with Crippen LogP contribution in [0.4, 0.5) is 8.78 Å². The van der Waals surface area contributed by atoms with E-state index in [2.05, 4.69) is 9.62 Å². The summed E-state index contributed by atoms with van der Waals surface area (Å²) in [5, 5.41) is 0. The molecule has 0 radical (unpaired) electrons. The number of halogens is 2. The van der Waals surface area contributed by atoms with Crippen LogP contribution in [0.2, 0.25) is 0 Å². The van der Waals surface area contributed by atoms with Gasteiger partial charge in [0.2, 0.25) is 10.0 Å². The van der Waals surface area contributed by atoms with E-state index in [1.807, 2.05) is 0 Å². The molecule has 0 unspecified atom stereocenters. The van der Waals surface area contributed by atoms with Crippen LogP contribution < -0.4 is 4.72 Å². The number of benzene rings is 1. The van der Waals surface area contributed by atoms with Crippen LogP contribution >= 0.6 is 0 Å². The van der Waals surface area contributed by atoms with E-state index in [4.69, 9.17) is 4.42 Å². The zero-order valence-electron chi connectivity index (χ0n) is 13.6. The van der Waals surface area contributed by atoms with Crippen molar-refractivity contribution < 1.29 is 21.6 Å². The summed E-state index contributed by atoms with van der Waals surface area (Å²) in [6, 6.07) is 6.16. The first-order chi connectivity index (χ1) is 12.0. The Labute approximate surface area is 145 Å². The third-order valence-corrected chi connectivity index (χ3v) is 5.83. The first-order valence-corrected chi connectivity index (χ1v) is 9.68. The van der Waals surface area contributed by atoms with Crippen LogP contribution in [0.25, 0.3) is 0 Å². The Hall–Kier alpha value is -1.77. The first kappa shape index (κ1) is 18.0. The fourth-order valence-corrected chi connectivity index (χ4v) is 4.29. The standard InChI is InChI=1S/C17H20F2N2O3S/c18-13-6-4-7-14(19)17(13)25(22,23)20-12-15(16-8-5-11-24-16)21-9-2-1-3-10-21/h4-8,11,15,20H,1-3,9-10,12H2/t15-/m0/s1. The molecule has 1 aromatic carbocycles. The summed E-state index contributed by atoms with van der Waals surface area (Å²) >= 11 is 0. The number of sulfonamides is 1. The molecule has 1 aliphatic rings. The highest BCUT2D eigenvalue weighted by atomic mass is 32.2. The second kappa shape index (κ2) is 7.63. The van der Waals surface area contributed by atoms with Crippen molar-refractivity contribution >= 4 is 10.0 Å². The lowest BCUT2D eigenvalue weighted by Gasteiger charge is -2.33. The maximum absolute atomic E-state index is 13.8. The van der Waals surface area contributed by atoms with Crippen LogP contribution in [-0.4, -0.2) is 33.0 Å². The van der Waals surface area contributed by atoms with E-state index in [1.165, 1.54) is 6.26 Å². The Bertz CT molecular complexity index is 783. The molecule has 1 saturated heterocycles. The molecule has 1 aromatic heterocycles. The molecule has 2 heterocycles. The van der Waals surface area contributed by atoms with E-state index in [0.29, 0.717) is 5.76 Å². The Morgan fingerprint density at radius 3 is 2.36 bits per heavy atom. The predicted molar refractivity (Wildman–Crippen MR) is 88.4 cm³/mol. The zero-order valence-corrected chi connectivity index (χ0v) is 14.4. The molecule has 3 rings (SSSR count). The first-order valence-electron chi connectivity index (χ1n) is 8.20. The smallest absolute Gasteiger partial charge is 0.246 e. The molecular weight excluding hydrogens is 350 g/mol. The number of nitrogens with zero attached hydrogens (tertiary/aromatic N) is 1. The number of rotatable bonds is 6. The molecule has 1 atom stereocenters. The summed E-state index contributed by atoms with van der Waals surface area (Å²) in [5.41, 5.74) is 0. The Kier molecular flexibility index (Phi) is 5.51. The molecule has 0 amide bonds. The Morgan fingerprint density at radius 1 is 1.08 bits per heavy atom. The normalized spacial score (nSPS) is 17.5. The lowest BCUT2D eigenvalue weighted by molar-refractivity contribution is 0.147. The number of piperidine rings is 1. The van der Waals surface area contributed by atoms with Gasteiger partial charge in [0.15, 0.2) is 4.90 Å². The van der Waals surface area contributed by atoms with Gasteiger partial charge in [0.1, 0.15) is 17.4 Å². The van der Waals surface area contributed by atoms with Gasteiger partial charge >= 0.3 is 0 Å². The van der Waals surface area contributed by atoms with Crippen LogP contribution in [0.3, 0.4) is 0 Å². The van der Waals surface area contributed by atoms with Crippen molar-refractivity contribution in [1.82, 2.24) is 9.62 Å². The average Bonchev–Trinajstić information content (AvgIpc) is 3.10. The van der Waals surface area contributed by atoms with E-state index in [-0.39, 0.29) is 12.6 Å². The number of hydrogen-bond acceptors (Lipinski definition) is 4. The van der Waals surface area contributed by atoms with Gasteiger partial charge in [-0.2, -0.15) is 0 Å². The molecule has 8 heteroatoms. The van der Waals surface area contributed by atoms with Crippen molar-refractivity contribution in [2.24, 2.45) is 0 Å². The fraction of sp³-hybridized carbons (Fsp3) is 0.412. The summed E-state index contributed by atoms with van der Waals surface area (Å²) < 4.78 is 60.2. The van der Waals surface area contributed by atoms with Crippen molar-refractivity contribution in [3.63, 3.8) is 0 Å². The van der Waals surface area contributed by atoms with E-state index in [1.54, 1.807) is 12.1 Å². The second-order valence-electron chi connectivity index (χ2n) is 6.03. The highest BCUT2D eigenvalue weighted by Crippen LogP contribution is 2.25. The number of nitrogens with one attached hydrogen (secondary N) is 1. The van der Waals surface area contributed by atoms with Crippen molar-refractivity contribution in [1.29, 1.82) is 0 Å². The molecule has 5 nitrogen and oxygen atoms in total. The van der Waals surface area contributed by atoms with Gasteiger partial charge in [-0.15, -0.1) is 0 Å². The van der Waals surface area contributed by atoms with Crippen LogP contribution in [0.5, 0.6) is 0 Å². The summed E-state index contributed by atoms with van der Waals surface area (Å²) in [6.45, 7) is 1.62. The molecule has 136 valence electrons. The van der Waals surface area contributed by atoms with E-state index < -0.39 is 26.6 Å². The topological polar surface area (TPSA) is 62.6 Å². The highest BCUT2D eigenvalue weighted by molar-refractivity contribution is 7.89. The minimum Gasteiger partial charge on any atom is -0.468 e. The molecule has 25 heavy (non-hydrogen) atoms. The largest absolute Gasteiger partial charge is 0.468 e. The molecule has 0 aliphatic carbocycles. The molecular formula is C17H20F2N2O3S. The average molecular weight is 370 g/mol. The lowest BCUT2D eigenvalue weighted by atomic mass is 10.1. The Morgan fingerprint density at radius 2 is 1.76 bits per heavy atom. The van der Waals surface area contributed by atoms with Gasteiger partial charge in [-0.3, -0.25) is 4.90 Å². The molecule has 2 aromatic rings. The predicted octanol–water partition coefficient (Wildman–Crippen LogP) is 3.06. The quantitative estimate of drug-likeness (QED) is 0.849. The molecule has 1 fully saturated rings. The van der Waals surface area contributed by atoms with Crippen LogP contribution in [0.1, 0.15) is 31.1 Å². The maximum atomic E-state index is 13.8. The van der Waals surface area contributed by atoms with Gasteiger partial charge < -0.3 is 4.42 Å². The molecule has 0 spiro atoms. The third kappa shape index (κ3) is 4.08. The van der Waals surface area contributed by atoms with Gasteiger partial charge in [-0.1, -0.05) is 12.5 Å². The molecule has 0 saturated carbocycles. The van der Waals surface area contributed by atoms with Crippen LogP contribution in [-0.2, 0) is 10.0 Å². The summed E-state index contributed by atoms with van der Waals surface area (Å²) in [4.78, 5) is 1.18. The summed E-state index contributed by atoms with van der Waals surface area (Å²) in [7, 11) is -4.31. The summed E-state index contributed by atoms with van der Waals surface area (Å²) in [5.74, 6) is -1.60. The van der Waals surface area contributed by atoms with E-state index >= 15 is 0 Å². The van der Waals surface area contributed by atoms with Crippen LogP contribution in [0.15, 0.2) is 45.9 Å². The van der Waals surface area contributed by atoms with Crippen LogP contribution in [0, 0.1) is 11.6 Å². The Balaban J connectivity index is 1.81. The van der Waals surface area contributed by atoms with Gasteiger partial charge in [0, 0.05) is 6.54 Å². The second-order valence-corrected chi connectivity index (χ2v) is 7.73. The van der Waals surface area contributed by atoms with Crippen molar-refractivity contribution in [3.8, 4) is 0 Å². The van der Waals surface area contributed by atoms with E-state index in [9.17, 15) is 17.2 Å². The van der Waals surface area contributed by atoms with Gasteiger partial charge in [-0.05, 0) is 50.2 Å². The maximum Gasteiger partial charge on any atom is 0.246 e. The van der Waals surface area contributed by atoms with Gasteiger partial charge in [0.25, 0.3) is 0 Å². The zero-order chi connectivity index (χ0) is 17.9. The third-order valence-electron chi connectivity index (χ3n) is 4.36. The SMILES string of the molecule is O=S(=O)(NC[C@@H](c1ccco1)N1CCCCC1)c1c(F)cccc1F.